The Labute approximate surface area is 113 Å². The predicted octanol–water partition coefficient (Wildman–Crippen LogP) is 2.78. The van der Waals surface area contributed by atoms with Crippen molar-refractivity contribution in [1.29, 1.82) is 0 Å². The predicted molar refractivity (Wildman–Crippen MR) is 72.9 cm³/mol. The van der Waals surface area contributed by atoms with E-state index in [1.54, 1.807) is 0 Å². The van der Waals surface area contributed by atoms with Gasteiger partial charge in [-0.25, -0.2) is 8.78 Å². The van der Waals surface area contributed by atoms with Gasteiger partial charge in [0.1, 0.15) is 11.6 Å². The molecule has 1 aliphatic rings. The van der Waals surface area contributed by atoms with Crippen LogP contribution in [0.5, 0.6) is 0 Å². The molecule has 2 nitrogen and oxygen atoms in total. The number of hydrogen-bond donors (Lipinski definition) is 1. The summed E-state index contributed by atoms with van der Waals surface area (Å²) in [6.07, 6.45) is 2.12. The second-order valence-corrected chi connectivity index (χ2v) is 5.29. The lowest BCUT2D eigenvalue weighted by molar-refractivity contribution is 0.130. The van der Waals surface area contributed by atoms with Gasteiger partial charge in [-0.05, 0) is 38.1 Å². The van der Waals surface area contributed by atoms with Crippen molar-refractivity contribution in [3.8, 4) is 0 Å². The molecule has 1 aliphatic heterocycles. The SMILES string of the molecule is CCC1CN(Cc2c(F)cccc2F)CCC1NC. The average Bonchev–Trinajstić information content (AvgIpc) is 2.42. The van der Waals surface area contributed by atoms with Crippen LogP contribution in [-0.4, -0.2) is 31.1 Å². The molecule has 1 N–H and O–H groups in total. The second-order valence-electron chi connectivity index (χ2n) is 5.29. The topological polar surface area (TPSA) is 15.3 Å². The number of benzene rings is 1. The van der Waals surface area contributed by atoms with E-state index in [-0.39, 0.29) is 5.56 Å². The number of nitrogens with one attached hydrogen (secondary N) is 1. The third-order valence-electron chi connectivity index (χ3n) is 4.16. The van der Waals surface area contributed by atoms with Crippen LogP contribution in [0.4, 0.5) is 8.78 Å². The fourth-order valence-electron chi connectivity index (χ4n) is 2.95. The smallest absolute Gasteiger partial charge is 0.130 e. The van der Waals surface area contributed by atoms with E-state index in [4.69, 9.17) is 0 Å². The lowest BCUT2D eigenvalue weighted by Crippen LogP contribution is -2.47. The second kappa shape index (κ2) is 6.44. The Bertz CT molecular complexity index is 402. The maximum absolute atomic E-state index is 13.6. The van der Waals surface area contributed by atoms with Gasteiger partial charge < -0.3 is 5.32 Å². The van der Waals surface area contributed by atoms with Gasteiger partial charge in [-0.2, -0.15) is 0 Å². The first-order valence-electron chi connectivity index (χ1n) is 6.98. The average molecular weight is 268 g/mol. The van der Waals surface area contributed by atoms with E-state index in [0.717, 1.165) is 25.9 Å². The van der Waals surface area contributed by atoms with Gasteiger partial charge in [0.25, 0.3) is 0 Å². The monoisotopic (exact) mass is 268 g/mol. The molecule has 1 fully saturated rings. The summed E-state index contributed by atoms with van der Waals surface area (Å²) >= 11 is 0. The molecule has 1 heterocycles. The molecular weight excluding hydrogens is 246 g/mol. The van der Waals surface area contributed by atoms with Gasteiger partial charge in [-0.1, -0.05) is 19.4 Å². The van der Waals surface area contributed by atoms with Crippen LogP contribution < -0.4 is 5.32 Å². The summed E-state index contributed by atoms with van der Waals surface area (Å²) in [6, 6.07) is 4.59. The molecule has 0 saturated carbocycles. The van der Waals surface area contributed by atoms with Crippen molar-refractivity contribution in [1.82, 2.24) is 10.2 Å². The number of likely N-dealkylation sites (tertiary alicyclic amines) is 1. The zero-order valence-electron chi connectivity index (χ0n) is 11.6. The van der Waals surface area contributed by atoms with Crippen LogP contribution in [-0.2, 0) is 6.54 Å². The molecule has 2 rings (SSSR count). The highest BCUT2D eigenvalue weighted by Gasteiger charge is 2.27. The summed E-state index contributed by atoms with van der Waals surface area (Å²) in [4.78, 5) is 2.16. The van der Waals surface area contributed by atoms with Crippen molar-refractivity contribution in [3.63, 3.8) is 0 Å². The normalized spacial score (nSPS) is 24.6. The molecule has 4 heteroatoms. The zero-order valence-corrected chi connectivity index (χ0v) is 11.6. The molecule has 19 heavy (non-hydrogen) atoms. The summed E-state index contributed by atoms with van der Waals surface area (Å²) in [5, 5.41) is 3.34. The molecule has 2 unspecified atom stereocenters. The summed E-state index contributed by atoms with van der Waals surface area (Å²) in [5.74, 6) is -0.332. The Balaban J connectivity index is 2.04. The van der Waals surface area contributed by atoms with E-state index >= 15 is 0 Å². The molecule has 106 valence electrons. The number of halogens is 2. The van der Waals surface area contributed by atoms with Crippen LogP contribution >= 0.6 is 0 Å². The van der Waals surface area contributed by atoms with Crippen molar-refractivity contribution < 1.29 is 8.78 Å². The van der Waals surface area contributed by atoms with E-state index in [0.29, 0.717) is 18.5 Å². The van der Waals surface area contributed by atoms with Crippen LogP contribution in [0.25, 0.3) is 0 Å². The molecule has 0 spiro atoms. The van der Waals surface area contributed by atoms with Gasteiger partial charge in [0.15, 0.2) is 0 Å². The van der Waals surface area contributed by atoms with Gasteiger partial charge in [-0.15, -0.1) is 0 Å². The van der Waals surface area contributed by atoms with Crippen molar-refractivity contribution >= 4 is 0 Å². The fourth-order valence-corrected chi connectivity index (χ4v) is 2.95. The largest absolute Gasteiger partial charge is 0.317 e. The van der Waals surface area contributed by atoms with Crippen LogP contribution in [0.15, 0.2) is 18.2 Å². The van der Waals surface area contributed by atoms with Crippen LogP contribution in [0.1, 0.15) is 25.3 Å². The molecule has 0 bridgehead atoms. The molecule has 0 amide bonds. The summed E-state index contributed by atoms with van der Waals surface area (Å²) in [5.41, 5.74) is 0.195. The van der Waals surface area contributed by atoms with Gasteiger partial charge >= 0.3 is 0 Å². The molecule has 0 radical (unpaired) electrons. The lowest BCUT2D eigenvalue weighted by Gasteiger charge is -2.38. The van der Waals surface area contributed by atoms with Crippen molar-refractivity contribution in [2.45, 2.75) is 32.4 Å². The molecule has 1 saturated heterocycles. The summed E-state index contributed by atoms with van der Waals surface area (Å²) in [7, 11) is 1.99. The maximum Gasteiger partial charge on any atom is 0.130 e. The van der Waals surface area contributed by atoms with E-state index in [9.17, 15) is 8.78 Å². The Morgan fingerprint density at radius 2 is 2.00 bits per heavy atom. The highest BCUT2D eigenvalue weighted by molar-refractivity contribution is 5.19. The van der Waals surface area contributed by atoms with E-state index < -0.39 is 11.6 Å². The summed E-state index contributed by atoms with van der Waals surface area (Å²) < 4.78 is 27.3. The molecule has 1 aromatic carbocycles. The quantitative estimate of drug-likeness (QED) is 0.903. The number of rotatable bonds is 4. The molecule has 2 atom stereocenters. The van der Waals surface area contributed by atoms with Gasteiger partial charge in [0.05, 0.1) is 0 Å². The lowest BCUT2D eigenvalue weighted by atomic mass is 9.90. The Kier molecular flexibility index (Phi) is 4.88. The van der Waals surface area contributed by atoms with Gasteiger partial charge in [0.2, 0.25) is 0 Å². The molecule has 0 aromatic heterocycles. The molecule has 0 aliphatic carbocycles. The van der Waals surface area contributed by atoms with Gasteiger partial charge in [0, 0.05) is 24.7 Å². The number of piperidine rings is 1. The van der Waals surface area contributed by atoms with E-state index in [1.807, 2.05) is 7.05 Å². The first-order valence-corrected chi connectivity index (χ1v) is 6.98. The van der Waals surface area contributed by atoms with Crippen LogP contribution in [0.2, 0.25) is 0 Å². The minimum atomic E-state index is -0.441. The Hall–Kier alpha value is -1.00. The highest BCUT2D eigenvalue weighted by Crippen LogP contribution is 2.23. The fraction of sp³-hybridized carbons (Fsp3) is 0.600. The maximum atomic E-state index is 13.6. The van der Waals surface area contributed by atoms with Gasteiger partial charge in [-0.3, -0.25) is 4.90 Å². The van der Waals surface area contributed by atoms with E-state index in [1.165, 1.54) is 18.2 Å². The molecule has 1 aromatic rings. The van der Waals surface area contributed by atoms with Crippen molar-refractivity contribution in [3.05, 3.63) is 35.4 Å². The van der Waals surface area contributed by atoms with Crippen molar-refractivity contribution in [2.75, 3.05) is 20.1 Å². The van der Waals surface area contributed by atoms with Crippen LogP contribution in [0, 0.1) is 17.6 Å². The van der Waals surface area contributed by atoms with Crippen LogP contribution in [0.3, 0.4) is 0 Å². The Morgan fingerprint density at radius 1 is 1.32 bits per heavy atom. The van der Waals surface area contributed by atoms with Crippen molar-refractivity contribution in [2.24, 2.45) is 5.92 Å². The van der Waals surface area contributed by atoms with E-state index in [2.05, 4.69) is 17.1 Å². The third kappa shape index (κ3) is 3.31. The zero-order chi connectivity index (χ0) is 13.8. The highest BCUT2D eigenvalue weighted by atomic mass is 19.1. The molecular formula is C15H22F2N2. The third-order valence-corrected chi connectivity index (χ3v) is 4.16. The Morgan fingerprint density at radius 3 is 2.58 bits per heavy atom. The number of hydrogen-bond acceptors (Lipinski definition) is 2. The number of nitrogens with zero attached hydrogens (tertiary/aromatic N) is 1. The summed E-state index contributed by atoms with van der Waals surface area (Å²) in [6.45, 7) is 4.32. The minimum Gasteiger partial charge on any atom is -0.317 e. The standard InChI is InChI=1S/C15H22F2N2/c1-3-11-9-19(8-7-15(11)18-2)10-12-13(16)5-4-6-14(12)17/h4-6,11,15,18H,3,7-10H2,1-2H3. The first kappa shape index (κ1) is 14.4. The first-order chi connectivity index (χ1) is 9.15. The minimum absolute atomic E-state index is 0.195.